The van der Waals surface area contributed by atoms with Crippen LogP contribution < -0.4 is 19.4 Å². The monoisotopic (exact) mass is 330 g/mol. The summed E-state index contributed by atoms with van der Waals surface area (Å²) in [4.78, 5) is 0. The summed E-state index contributed by atoms with van der Waals surface area (Å²) in [6.45, 7) is 7.07. The molecule has 0 aliphatic carbocycles. The molecule has 0 saturated carbocycles. The molecule has 1 aromatic carbocycles. The van der Waals surface area contributed by atoms with Crippen LogP contribution in [0.5, 0.6) is 17.2 Å². The van der Waals surface area contributed by atoms with Crippen molar-refractivity contribution in [3.8, 4) is 17.2 Å². The summed E-state index contributed by atoms with van der Waals surface area (Å²) >= 11 is 0. The minimum Gasteiger partial charge on any atom is -0.496 e. The van der Waals surface area contributed by atoms with E-state index in [4.69, 9.17) is 27.5 Å². The van der Waals surface area contributed by atoms with E-state index < -0.39 is 8.80 Å². The maximum Gasteiger partial charge on any atom is 0.545 e. The van der Waals surface area contributed by atoms with Crippen LogP contribution in [0.2, 0.25) is 0 Å². The first-order valence-electron chi connectivity index (χ1n) is 7.35. The van der Waals surface area contributed by atoms with Gasteiger partial charge in [-0.2, -0.15) is 0 Å². The predicted molar refractivity (Wildman–Crippen MR) is 86.4 cm³/mol. The van der Waals surface area contributed by atoms with Gasteiger partial charge in [0.25, 0.3) is 0 Å². The summed E-state index contributed by atoms with van der Waals surface area (Å²) in [6.07, 6.45) is 0. The van der Waals surface area contributed by atoms with E-state index in [1.54, 1.807) is 33.5 Å². The molecule has 0 bridgehead atoms. The zero-order valence-corrected chi connectivity index (χ0v) is 15.2. The topological polar surface area (TPSA) is 55.4 Å². The van der Waals surface area contributed by atoms with Crippen molar-refractivity contribution in [1.82, 2.24) is 0 Å². The minimum absolute atomic E-state index is 0.454. The number of benzene rings is 1. The molecule has 0 spiro atoms. The lowest BCUT2D eigenvalue weighted by Crippen LogP contribution is -2.57. The Labute approximate surface area is 133 Å². The summed E-state index contributed by atoms with van der Waals surface area (Å²) < 4.78 is 34.3. The fourth-order valence-electron chi connectivity index (χ4n) is 2.28. The number of hydrogen-bond donors (Lipinski definition) is 0. The van der Waals surface area contributed by atoms with E-state index in [9.17, 15) is 0 Å². The van der Waals surface area contributed by atoms with E-state index >= 15 is 0 Å². The van der Waals surface area contributed by atoms with E-state index in [1.165, 1.54) is 0 Å². The Morgan fingerprint density at radius 1 is 0.727 bits per heavy atom. The van der Waals surface area contributed by atoms with E-state index in [0.717, 1.165) is 0 Å². The van der Waals surface area contributed by atoms with Gasteiger partial charge in [-0.25, -0.2) is 0 Å². The van der Waals surface area contributed by atoms with Crippen LogP contribution in [0.15, 0.2) is 12.1 Å². The summed E-state index contributed by atoms with van der Waals surface area (Å²) in [7, 11) is 1.57. The van der Waals surface area contributed by atoms with Crippen LogP contribution in [-0.2, 0) is 13.3 Å². The van der Waals surface area contributed by atoms with Crippen LogP contribution >= 0.6 is 0 Å². The smallest absolute Gasteiger partial charge is 0.496 e. The lowest BCUT2D eigenvalue weighted by atomic mass is 10.3. The molecule has 0 aliphatic heterocycles. The van der Waals surface area contributed by atoms with Gasteiger partial charge in [-0.1, -0.05) is 0 Å². The van der Waals surface area contributed by atoms with Gasteiger partial charge in [0.05, 0.1) is 21.3 Å². The van der Waals surface area contributed by atoms with Crippen LogP contribution in [0.4, 0.5) is 0 Å². The van der Waals surface area contributed by atoms with Crippen LogP contribution in [0.1, 0.15) is 20.8 Å². The van der Waals surface area contributed by atoms with Crippen molar-refractivity contribution in [1.29, 1.82) is 0 Å². The molecule has 0 aromatic heterocycles. The normalized spacial score (nSPS) is 11.4. The third-order valence-electron chi connectivity index (χ3n) is 3.04. The van der Waals surface area contributed by atoms with Gasteiger partial charge in [0.2, 0.25) is 0 Å². The average Bonchev–Trinajstić information content (AvgIpc) is 2.53. The Morgan fingerprint density at radius 3 is 1.55 bits per heavy atom. The van der Waals surface area contributed by atoms with Gasteiger partial charge in [-0.15, -0.1) is 0 Å². The maximum atomic E-state index is 5.96. The maximum absolute atomic E-state index is 5.96. The first-order valence-corrected chi connectivity index (χ1v) is 9.07. The van der Waals surface area contributed by atoms with Gasteiger partial charge >= 0.3 is 8.80 Å². The molecule has 0 fully saturated rings. The quantitative estimate of drug-likeness (QED) is 0.611. The molecule has 0 amide bonds. The van der Waals surface area contributed by atoms with Crippen molar-refractivity contribution in [3.05, 3.63) is 12.1 Å². The lowest BCUT2D eigenvalue weighted by Gasteiger charge is -2.31. The van der Waals surface area contributed by atoms with E-state index in [1.807, 2.05) is 20.8 Å². The molecule has 0 atom stereocenters. The average molecular weight is 330 g/mol. The first-order chi connectivity index (χ1) is 10.6. The van der Waals surface area contributed by atoms with E-state index in [0.29, 0.717) is 42.3 Å². The van der Waals surface area contributed by atoms with Crippen molar-refractivity contribution in [2.24, 2.45) is 0 Å². The molecule has 0 radical (unpaired) electrons. The van der Waals surface area contributed by atoms with Crippen LogP contribution in [0.25, 0.3) is 0 Å². The third-order valence-corrected chi connectivity index (χ3v) is 6.13. The summed E-state index contributed by atoms with van der Waals surface area (Å²) in [6, 6.07) is 3.58. The molecule has 0 heterocycles. The molecule has 1 aromatic rings. The number of ether oxygens (including phenoxy) is 3. The van der Waals surface area contributed by atoms with Gasteiger partial charge in [-0.3, -0.25) is 0 Å². The highest BCUT2D eigenvalue weighted by Gasteiger charge is 2.49. The van der Waals surface area contributed by atoms with Crippen LogP contribution in [-0.4, -0.2) is 50.0 Å². The molecule has 1 rings (SSSR count). The molecule has 7 heteroatoms. The number of hydrogen-bond acceptors (Lipinski definition) is 6. The number of rotatable bonds is 10. The summed E-state index contributed by atoms with van der Waals surface area (Å²) in [5, 5.41) is 0.655. The second-order valence-corrected chi connectivity index (χ2v) is 6.71. The standard InChI is InChI=1S/C15H26O6Si/c1-7-19-22(20-8-2,21-9-3)15-13(17-5)11-10-12(16-4)14(15)18-6/h10-11H,7-9H2,1-6H3. The Kier molecular flexibility index (Phi) is 7.67. The molecular weight excluding hydrogens is 304 g/mol. The van der Waals surface area contributed by atoms with Gasteiger partial charge in [0, 0.05) is 19.8 Å². The zero-order chi connectivity index (χ0) is 16.6. The van der Waals surface area contributed by atoms with Crippen LogP contribution in [0.3, 0.4) is 0 Å². The van der Waals surface area contributed by atoms with Crippen LogP contribution in [0, 0.1) is 0 Å². The highest BCUT2D eigenvalue weighted by Crippen LogP contribution is 2.33. The predicted octanol–water partition coefficient (Wildman–Crippen LogP) is 1.97. The SMILES string of the molecule is CCO[Si](OCC)(OCC)c1c(OC)ccc(OC)c1OC. The van der Waals surface area contributed by atoms with Gasteiger partial charge in [0.15, 0.2) is 11.5 Å². The highest BCUT2D eigenvalue weighted by atomic mass is 28.4. The molecule has 22 heavy (non-hydrogen) atoms. The Hall–Kier alpha value is -1.28. The van der Waals surface area contributed by atoms with E-state index in [-0.39, 0.29) is 0 Å². The van der Waals surface area contributed by atoms with Crippen molar-refractivity contribution in [3.63, 3.8) is 0 Å². The lowest BCUT2D eigenvalue weighted by molar-refractivity contribution is 0.0847. The molecule has 6 nitrogen and oxygen atoms in total. The molecule has 0 aliphatic rings. The molecule has 0 unspecified atom stereocenters. The summed E-state index contributed by atoms with van der Waals surface area (Å²) in [5.74, 6) is 1.69. The summed E-state index contributed by atoms with van der Waals surface area (Å²) in [5.41, 5.74) is 0. The number of methoxy groups -OCH3 is 3. The van der Waals surface area contributed by atoms with Gasteiger partial charge in [-0.05, 0) is 32.9 Å². The van der Waals surface area contributed by atoms with Gasteiger partial charge in [0.1, 0.15) is 10.9 Å². The fraction of sp³-hybridized carbons (Fsp3) is 0.600. The third kappa shape index (κ3) is 3.72. The van der Waals surface area contributed by atoms with Crippen molar-refractivity contribution >= 4 is 14.0 Å². The Bertz CT molecular complexity index is 449. The highest BCUT2D eigenvalue weighted by molar-refractivity contribution is 6.77. The fourth-order valence-corrected chi connectivity index (χ4v) is 5.09. The Balaban J connectivity index is 3.61. The molecule has 0 saturated heterocycles. The van der Waals surface area contributed by atoms with Crippen molar-refractivity contribution < 1.29 is 27.5 Å². The largest absolute Gasteiger partial charge is 0.545 e. The second-order valence-electron chi connectivity index (χ2n) is 4.23. The van der Waals surface area contributed by atoms with Gasteiger partial charge < -0.3 is 27.5 Å². The second kappa shape index (κ2) is 8.99. The zero-order valence-electron chi connectivity index (χ0n) is 14.2. The van der Waals surface area contributed by atoms with E-state index in [2.05, 4.69) is 0 Å². The van der Waals surface area contributed by atoms with Crippen molar-refractivity contribution in [2.45, 2.75) is 20.8 Å². The molecule has 126 valence electrons. The first kappa shape index (κ1) is 18.8. The molecule has 0 N–H and O–H groups in total. The molecular formula is C15H26O6Si. The van der Waals surface area contributed by atoms with Crippen molar-refractivity contribution in [2.75, 3.05) is 41.2 Å². The Morgan fingerprint density at radius 2 is 1.18 bits per heavy atom. The minimum atomic E-state index is -3.18.